The minimum absolute atomic E-state index is 0.203. The van der Waals surface area contributed by atoms with Gasteiger partial charge in [0.2, 0.25) is 0 Å². The molecule has 2 unspecified atom stereocenters. The van der Waals surface area contributed by atoms with Gasteiger partial charge in [-0.05, 0) is 32.4 Å². The van der Waals surface area contributed by atoms with Gasteiger partial charge in [0.15, 0.2) is 5.92 Å². The first-order valence-electron chi connectivity index (χ1n) is 5.80. The molecule has 6 nitrogen and oxygen atoms in total. The Morgan fingerprint density at radius 2 is 1.89 bits per heavy atom. The highest BCUT2D eigenvalue weighted by molar-refractivity contribution is 5.95. The summed E-state index contributed by atoms with van der Waals surface area (Å²) in [6.45, 7) is 0.674. The van der Waals surface area contributed by atoms with Crippen molar-refractivity contribution in [2.45, 2.75) is 18.9 Å². The van der Waals surface area contributed by atoms with Gasteiger partial charge in [-0.1, -0.05) is 0 Å². The molecule has 0 saturated carbocycles. The maximum Gasteiger partial charge on any atom is 0.320 e. The second-order valence-electron chi connectivity index (χ2n) is 4.43. The Balaban J connectivity index is 2.84. The van der Waals surface area contributed by atoms with Gasteiger partial charge in [-0.15, -0.1) is 0 Å². The largest absolute Gasteiger partial charge is 0.468 e. The molecule has 0 aromatic carbocycles. The van der Waals surface area contributed by atoms with Crippen molar-refractivity contribution in [1.29, 1.82) is 5.26 Å². The molecule has 0 aromatic heterocycles. The molecule has 0 N–H and O–H groups in total. The molecular weight excluding hydrogens is 236 g/mol. The normalized spacial score (nSPS) is 24.4. The number of methoxy groups -OCH3 is 2. The third-order valence-electron chi connectivity index (χ3n) is 3.44. The molecule has 0 spiro atoms. The van der Waals surface area contributed by atoms with Crippen molar-refractivity contribution in [1.82, 2.24) is 4.90 Å². The van der Waals surface area contributed by atoms with Gasteiger partial charge in [-0.25, -0.2) is 0 Å². The minimum Gasteiger partial charge on any atom is -0.468 e. The highest BCUT2D eigenvalue weighted by Crippen LogP contribution is 2.29. The third kappa shape index (κ3) is 2.99. The van der Waals surface area contributed by atoms with Gasteiger partial charge in [0.25, 0.3) is 0 Å². The molecule has 2 atom stereocenters. The molecule has 0 aromatic rings. The van der Waals surface area contributed by atoms with E-state index in [0.29, 0.717) is 19.4 Å². The molecule has 1 aliphatic rings. The molecule has 0 aliphatic carbocycles. The highest BCUT2D eigenvalue weighted by atomic mass is 16.5. The predicted octanol–water partition coefficient (Wildman–Crippen LogP) is 0.183. The fourth-order valence-corrected chi connectivity index (χ4v) is 2.30. The molecule has 1 aliphatic heterocycles. The van der Waals surface area contributed by atoms with Crippen LogP contribution in [0.25, 0.3) is 0 Å². The Labute approximate surface area is 106 Å². The topological polar surface area (TPSA) is 79.6 Å². The van der Waals surface area contributed by atoms with Gasteiger partial charge >= 0.3 is 11.9 Å². The number of esters is 2. The standard InChI is InChI=1S/C12H18N2O4/c1-14-5-4-8(6-9(14)7-13)10(11(15)17-2)12(16)18-3/h8-10H,4-6H2,1-3H3. The van der Waals surface area contributed by atoms with Crippen molar-refractivity contribution >= 4 is 11.9 Å². The summed E-state index contributed by atoms with van der Waals surface area (Å²) in [7, 11) is 4.35. The SMILES string of the molecule is COC(=O)C(C(=O)OC)C1CCN(C)C(C#N)C1. The van der Waals surface area contributed by atoms with E-state index in [4.69, 9.17) is 5.26 Å². The van der Waals surface area contributed by atoms with Crippen LogP contribution in [0, 0.1) is 23.2 Å². The average Bonchev–Trinajstić information content (AvgIpc) is 2.40. The van der Waals surface area contributed by atoms with Gasteiger partial charge in [-0.3, -0.25) is 14.5 Å². The van der Waals surface area contributed by atoms with E-state index in [-0.39, 0.29) is 12.0 Å². The number of carbonyl (C=O) groups is 2. The summed E-state index contributed by atoms with van der Waals surface area (Å²) in [4.78, 5) is 25.3. The van der Waals surface area contributed by atoms with E-state index in [1.54, 1.807) is 0 Å². The van der Waals surface area contributed by atoms with Crippen LogP contribution in [-0.4, -0.2) is 50.7 Å². The fourth-order valence-electron chi connectivity index (χ4n) is 2.30. The Kier molecular flexibility index (Phi) is 5.10. The zero-order valence-electron chi connectivity index (χ0n) is 10.9. The molecule has 6 heteroatoms. The van der Waals surface area contributed by atoms with Gasteiger partial charge in [-0.2, -0.15) is 5.26 Å². The van der Waals surface area contributed by atoms with E-state index in [1.807, 2.05) is 11.9 Å². The molecule has 1 heterocycles. The minimum atomic E-state index is -0.926. The number of nitriles is 1. The summed E-state index contributed by atoms with van der Waals surface area (Å²) in [6.07, 6.45) is 1.14. The zero-order chi connectivity index (χ0) is 13.7. The van der Waals surface area contributed by atoms with Crippen LogP contribution in [0.4, 0.5) is 0 Å². The Bertz CT molecular complexity index is 348. The predicted molar refractivity (Wildman–Crippen MR) is 62.3 cm³/mol. The lowest BCUT2D eigenvalue weighted by atomic mass is 9.81. The summed E-state index contributed by atoms with van der Waals surface area (Å²) in [5, 5.41) is 9.03. The van der Waals surface area contributed by atoms with E-state index in [0.717, 1.165) is 0 Å². The summed E-state index contributed by atoms with van der Waals surface area (Å²) in [5.41, 5.74) is 0. The van der Waals surface area contributed by atoms with Crippen molar-refractivity contribution in [2.24, 2.45) is 11.8 Å². The lowest BCUT2D eigenvalue weighted by molar-refractivity contribution is -0.162. The quantitative estimate of drug-likeness (QED) is 0.528. The molecule has 0 radical (unpaired) electrons. The van der Waals surface area contributed by atoms with Crippen molar-refractivity contribution < 1.29 is 19.1 Å². The van der Waals surface area contributed by atoms with E-state index in [9.17, 15) is 9.59 Å². The van der Waals surface area contributed by atoms with Crippen LogP contribution in [-0.2, 0) is 19.1 Å². The first-order chi connectivity index (χ1) is 8.54. The number of piperidine rings is 1. The van der Waals surface area contributed by atoms with Crippen LogP contribution in [0.3, 0.4) is 0 Å². The van der Waals surface area contributed by atoms with Crippen molar-refractivity contribution in [3.63, 3.8) is 0 Å². The second kappa shape index (κ2) is 6.36. The van der Waals surface area contributed by atoms with Gasteiger partial charge in [0.1, 0.15) is 0 Å². The maximum atomic E-state index is 11.7. The van der Waals surface area contributed by atoms with Crippen LogP contribution in [0.2, 0.25) is 0 Å². The van der Waals surface area contributed by atoms with Crippen molar-refractivity contribution in [3.8, 4) is 6.07 Å². The zero-order valence-corrected chi connectivity index (χ0v) is 10.9. The number of hydrogen-bond acceptors (Lipinski definition) is 6. The molecule has 0 bridgehead atoms. The van der Waals surface area contributed by atoms with Gasteiger partial charge in [0.05, 0.1) is 26.3 Å². The van der Waals surface area contributed by atoms with Gasteiger partial charge in [0, 0.05) is 0 Å². The van der Waals surface area contributed by atoms with E-state index in [1.165, 1.54) is 14.2 Å². The Morgan fingerprint density at radius 1 is 1.33 bits per heavy atom. The van der Waals surface area contributed by atoms with Crippen molar-refractivity contribution in [2.75, 3.05) is 27.8 Å². The molecular formula is C12H18N2O4. The first-order valence-corrected chi connectivity index (χ1v) is 5.80. The van der Waals surface area contributed by atoms with Gasteiger partial charge < -0.3 is 9.47 Å². The molecule has 18 heavy (non-hydrogen) atoms. The number of hydrogen-bond donors (Lipinski definition) is 0. The lowest BCUT2D eigenvalue weighted by Crippen LogP contribution is -2.44. The molecule has 1 rings (SSSR count). The van der Waals surface area contributed by atoms with Crippen LogP contribution in [0.5, 0.6) is 0 Å². The number of ether oxygens (including phenoxy) is 2. The van der Waals surface area contributed by atoms with Crippen LogP contribution < -0.4 is 0 Å². The van der Waals surface area contributed by atoms with E-state index >= 15 is 0 Å². The van der Waals surface area contributed by atoms with E-state index < -0.39 is 17.9 Å². The second-order valence-corrected chi connectivity index (χ2v) is 4.43. The number of likely N-dealkylation sites (tertiary alicyclic amines) is 1. The average molecular weight is 254 g/mol. The third-order valence-corrected chi connectivity index (χ3v) is 3.44. The lowest BCUT2D eigenvalue weighted by Gasteiger charge is -2.35. The molecule has 100 valence electrons. The smallest absolute Gasteiger partial charge is 0.320 e. The highest BCUT2D eigenvalue weighted by Gasteiger charge is 2.40. The summed E-state index contributed by atoms with van der Waals surface area (Å²) < 4.78 is 9.30. The van der Waals surface area contributed by atoms with E-state index in [2.05, 4.69) is 15.5 Å². The monoisotopic (exact) mass is 254 g/mol. The van der Waals surface area contributed by atoms with Crippen molar-refractivity contribution in [3.05, 3.63) is 0 Å². The van der Waals surface area contributed by atoms with Crippen LogP contribution in [0.1, 0.15) is 12.8 Å². The maximum absolute atomic E-state index is 11.7. The summed E-state index contributed by atoms with van der Waals surface area (Å²) in [6, 6.07) is 1.90. The summed E-state index contributed by atoms with van der Waals surface area (Å²) in [5.74, 6) is -2.31. The Hall–Kier alpha value is -1.61. The number of carbonyl (C=O) groups excluding carboxylic acids is 2. The molecule has 1 fully saturated rings. The molecule has 1 saturated heterocycles. The number of nitrogens with zero attached hydrogens (tertiary/aromatic N) is 2. The molecule has 0 amide bonds. The van der Waals surface area contributed by atoms with Crippen LogP contribution >= 0.6 is 0 Å². The number of rotatable bonds is 3. The Morgan fingerprint density at radius 3 is 2.33 bits per heavy atom. The summed E-state index contributed by atoms with van der Waals surface area (Å²) >= 11 is 0. The first kappa shape index (κ1) is 14.5. The van der Waals surface area contributed by atoms with Crippen LogP contribution in [0.15, 0.2) is 0 Å². The fraction of sp³-hybridized carbons (Fsp3) is 0.750.